The third-order valence-electron chi connectivity index (χ3n) is 1.82. The minimum atomic E-state index is 0.834. The van der Waals surface area contributed by atoms with Gasteiger partial charge in [-0.3, -0.25) is 0 Å². The van der Waals surface area contributed by atoms with Crippen molar-refractivity contribution >= 4 is 5.82 Å². The smallest absolute Gasteiger partial charge is 0.129 e. The van der Waals surface area contributed by atoms with E-state index in [2.05, 4.69) is 34.0 Å². The van der Waals surface area contributed by atoms with Crippen molar-refractivity contribution < 1.29 is 0 Å². The van der Waals surface area contributed by atoms with Crippen LogP contribution in [-0.4, -0.2) is 16.5 Å². The summed E-state index contributed by atoms with van der Waals surface area (Å²) < 4.78 is 0. The van der Waals surface area contributed by atoms with Crippen molar-refractivity contribution in [2.75, 3.05) is 11.9 Å². The van der Waals surface area contributed by atoms with Crippen molar-refractivity contribution in [2.45, 2.75) is 26.7 Å². The molecule has 0 aliphatic rings. The molecule has 1 heterocycles. The second-order valence-electron chi connectivity index (χ2n) is 2.85. The number of aryl methyl sites for hydroxylation is 1. The molecule has 0 amide bonds. The van der Waals surface area contributed by atoms with E-state index in [0.29, 0.717) is 0 Å². The van der Waals surface area contributed by atoms with Crippen molar-refractivity contribution in [1.82, 2.24) is 9.97 Å². The number of aromatic nitrogens is 2. The van der Waals surface area contributed by atoms with Gasteiger partial charge in [-0.15, -0.1) is 11.8 Å². The Morgan fingerprint density at radius 3 is 3.00 bits per heavy atom. The predicted molar refractivity (Wildman–Crippen MR) is 58.0 cm³/mol. The molecule has 0 saturated carbocycles. The van der Waals surface area contributed by atoms with Crippen molar-refractivity contribution in [3.8, 4) is 11.8 Å². The Hall–Kier alpha value is -1.56. The summed E-state index contributed by atoms with van der Waals surface area (Å²) in [6.07, 6.45) is 3.38. The summed E-state index contributed by atoms with van der Waals surface area (Å²) in [7, 11) is 0. The number of hydrogen-bond acceptors (Lipinski definition) is 3. The molecule has 1 aromatic heterocycles. The summed E-state index contributed by atoms with van der Waals surface area (Å²) in [5.41, 5.74) is 1.06. The summed E-state index contributed by atoms with van der Waals surface area (Å²) in [5, 5.41) is 3.20. The summed E-state index contributed by atoms with van der Waals surface area (Å²) in [6, 6.07) is 1.97. The Morgan fingerprint density at radius 2 is 2.29 bits per heavy atom. The first-order chi connectivity index (χ1) is 6.86. The molecule has 0 bridgehead atoms. The van der Waals surface area contributed by atoms with Gasteiger partial charge in [-0.2, -0.15) is 0 Å². The van der Waals surface area contributed by atoms with Gasteiger partial charge in [0.25, 0.3) is 0 Å². The highest BCUT2D eigenvalue weighted by Crippen LogP contribution is 2.03. The van der Waals surface area contributed by atoms with Crippen LogP contribution in [0.1, 0.15) is 26.0 Å². The lowest BCUT2D eigenvalue weighted by molar-refractivity contribution is 0.983. The quantitative estimate of drug-likeness (QED) is 0.580. The topological polar surface area (TPSA) is 37.8 Å². The molecule has 0 unspecified atom stereocenters. The lowest BCUT2D eigenvalue weighted by atomic mass is 10.3. The van der Waals surface area contributed by atoms with Gasteiger partial charge in [-0.1, -0.05) is 6.92 Å². The van der Waals surface area contributed by atoms with Crippen LogP contribution < -0.4 is 5.32 Å². The van der Waals surface area contributed by atoms with Crippen LogP contribution >= 0.6 is 0 Å². The molecule has 0 aliphatic carbocycles. The number of rotatable bonds is 4. The average molecular weight is 189 g/mol. The number of anilines is 1. The summed E-state index contributed by atoms with van der Waals surface area (Å²) in [5.74, 6) is 6.73. The molecule has 1 rings (SSSR count). The van der Waals surface area contributed by atoms with Crippen LogP contribution in [0.5, 0.6) is 0 Å². The van der Waals surface area contributed by atoms with Crippen LogP contribution in [0.4, 0.5) is 5.82 Å². The lowest BCUT2D eigenvalue weighted by Gasteiger charge is -2.03. The average Bonchev–Trinajstić information content (AvgIpc) is 2.25. The van der Waals surface area contributed by atoms with E-state index >= 15 is 0 Å². The first-order valence-corrected chi connectivity index (χ1v) is 4.81. The molecule has 3 heteroatoms. The third kappa shape index (κ3) is 3.44. The van der Waals surface area contributed by atoms with Gasteiger partial charge in [-0.05, 0) is 13.3 Å². The standard InChI is InChI=1S/C11H15N3/c1-3-5-6-7-12-11-8-10(4-2)13-9-14-11/h8-9H,4,6-7H2,1-2H3,(H,12,13,14). The Morgan fingerprint density at radius 1 is 1.43 bits per heavy atom. The third-order valence-corrected chi connectivity index (χ3v) is 1.82. The van der Waals surface area contributed by atoms with E-state index in [1.54, 1.807) is 6.33 Å². The molecule has 0 aromatic carbocycles. The first-order valence-electron chi connectivity index (χ1n) is 4.81. The number of nitrogens with zero attached hydrogens (tertiary/aromatic N) is 2. The maximum atomic E-state index is 4.12. The van der Waals surface area contributed by atoms with Gasteiger partial charge in [0.2, 0.25) is 0 Å². The molecule has 0 spiro atoms. The number of nitrogens with one attached hydrogen (secondary N) is 1. The maximum absolute atomic E-state index is 4.12. The normalized spacial score (nSPS) is 9.00. The van der Waals surface area contributed by atoms with E-state index in [1.165, 1.54) is 0 Å². The van der Waals surface area contributed by atoms with Gasteiger partial charge < -0.3 is 5.32 Å². The molecular formula is C11H15N3. The molecule has 1 N–H and O–H groups in total. The molecule has 1 aromatic rings. The van der Waals surface area contributed by atoms with E-state index in [0.717, 1.165) is 30.9 Å². The van der Waals surface area contributed by atoms with E-state index in [9.17, 15) is 0 Å². The predicted octanol–water partition coefficient (Wildman–Crippen LogP) is 1.86. The number of hydrogen-bond donors (Lipinski definition) is 1. The van der Waals surface area contributed by atoms with Gasteiger partial charge in [0.15, 0.2) is 0 Å². The van der Waals surface area contributed by atoms with E-state index in [-0.39, 0.29) is 0 Å². The van der Waals surface area contributed by atoms with Gasteiger partial charge in [-0.25, -0.2) is 9.97 Å². The highest BCUT2D eigenvalue weighted by molar-refractivity contribution is 5.34. The Kier molecular flexibility index (Phi) is 4.49. The minimum Gasteiger partial charge on any atom is -0.369 e. The van der Waals surface area contributed by atoms with Crippen LogP contribution in [0, 0.1) is 11.8 Å². The summed E-state index contributed by atoms with van der Waals surface area (Å²) >= 11 is 0. The van der Waals surface area contributed by atoms with Gasteiger partial charge in [0, 0.05) is 24.7 Å². The summed E-state index contributed by atoms with van der Waals surface area (Å²) in [6.45, 7) is 4.76. The van der Waals surface area contributed by atoms with Crippen molar-refractivity contribution in [3.63, 3.8) is 0 Å². The molecule has 0 fully saturated rings. The van der Waals surface area contributed by atoms with Gasteiger partial charge >= 0.3 is 0 Å². The van der Waals surface area contributed by atoms with E-state index in [1.807, 2.05) is 13.0 Å². The highest BCUT2D eigenvalue weighted by atomic mass is 15.0. The fourth-order valence-corrected chi connectivity index (χ4v) is 1.07. The summed E-state index contributed by atoms with van der Waals surface area (Å²) in [4.78, 5) is 8.24. The lowest BCUT2D eigenvalue weighted by Crippen LogP contribution is -2.03. The highest BCUT2D eigenvalue weighted by Gasteiger charge is 1.94. The van der Waals surface area contributed by atoms with Crippen molar-refractivity contribution in [2.24, 2.45) is 0 Å². The largest absolute Gasteiger partial charge is 0.369 e. The zero-order valence-electron chi connectivity index (χ0n) is 8.67. The molecule has 3 nitrogen and oxygen atoms in total. The van der Waals surface area contributed by atoms with Crippen LogP contribution in [-0.2, 0) is 6.42 Å². The SMILES string of the molecule is CC#CCCNc1cc(CC)ncn1. The Labute approximate surface area is 85.0 Å². The van der Waals surface area contributed by atoms with Crippen LogP contribution in [0.15, 0.2) is 12.4 Å². The molecule has 0 atom stereocenters. The van der Waals surface area contributed by atoms with E-state index in [4.69, 9.17) is 0 Å². The monoisotopic (exact) mass is 189 g/mol. The van der Waals surface area contributed by atoms with Crippen molar-refractivity contribution in [1.29, 1.82) is 0 Å². The molecule has 0 radical (unpaired) electrons. The first kappa shape index (κ1) is 10.5. The van der Waals surface area contributed by atoms with Gasteiger partial charge in [0.1, 0.15) is 12.1 Å². The second kappa shape index (κ2) is 5.98. The van der Waals surface area contributed by atoms with E-state index < -0.39 is 0 Å². The zero-order valence-corrected chi connectivity index (χ0v) is 8.67. The Bertz CT molecular complexity index is 336. The Balaban J connectivity index is 2.44. The van der Waals surface area contributed by atoms with Crippen LogP contribution in [0.25, 0.3) is 0 Å². The zero-order chi connectivity index (χ0) is 10.2. The maximum Gasteiger partial charge on any atom is 0.129 e. The second-order valence-corrected chi connectivity index (χ2v) is 2.85. The molecule has 74 valence electrons. The van der Waals surface area contributed by atoms with Crippen LogP contribution in [0.2, 0.25) is 0 Å². The minimum absolute atomic E-state index is 0.834. The molecular weight excluding hydrogens is 174 g/mol. The fourth-order valence-electron chi connectivity index (χ4n) is 1.07. The van der Waals surface area contributed by atoms with Gasteiger partial charge in [0.05, 0.1) is 0 Å². The molecule has 0 aliphatic heterocycles. The molecule has 0 saturated heterocycles. The molecule has 14 heavy (non-hydrogen) atoms. The fraction of sp³-hybridized carbons (Fsp3) is 0.455. The van der Waals surface area contributed by atoms with Crippen molar-refractivity contribution in [3.05, 3.63) is 18.1 Å². The van der Waals surface area contributed by atoms with Crippen LogP contribution in [0.3, 0.4) is 0 Å².